The number of aromatic nitrogens is 3. The number of piperidine rings is 1. The molecule has 0 spiro atoms. The highest BCUT2D eigenvalue weighted by molar-refractivity contribution is 5.92. The smallest absolute Gasteiger partial charge is 0.271 e. The van der Waals surface area contributed by atoms with E-state index in [4.69, 9.17) is 0 Å². The first-order valence-electron chi connectivity index (χ1n) is 7.77. The van der Waals surface area contributed by atoms with E-state index in [-0.39, 0.29) is 30.7 Å². The second kappa shape index (κ2) is 10.3. The van der Waals surface area contributed by atoms with Crippen LogP contribution in [0, 0.1) is 0 Å². The van der Waals surface area contributed by atoms with E-state index < -0.39 is 0 Å². The van der Waals surface area contributed by atoms with Crippen LogP contribution in [-0.2, 0) is 6.42 Å². The predicted molar refractivity (Wildman–Crippen MR) is 98.1 cm³/mol. The number of halogens is 2. The van der Waals surface area contributed by atoms with E-state index in [1.165, 1.54) is 0 Å². The van der Waals surface area contributed by atoms with Gasteiger partial charge in [-0.05, 0) is 37.6 Å². The molecule has 3 heterocycles. The molecule has 132 valence electrons. The number of nitrogens with one attached hydrogen (secondary N) is 2. The van der Waals surface area contributed by atoms with Crippen LogP contribution in [0.2, 0.25) is 0 Å². The normalized spacial score (nSPS) is 16.6. The lowest BCUT2D eigenvalue weighted by atomic mass is 10.1. The van der Waals surface area contributed by atoms with E-state index in [2.05, 4.69) is 20.7 Å². The van der Waals surface area contributed by atoms with Gasteiger partial charge in [-0.2, -0.15) is 5.10 Å². The Hall–Kier alpha value is -1.63. The van der Waals surface area contributed by atoms with Gasteiger partial charge in [-0.3, -0.25) is 14.5 Å². The number of amides is 1. The molecule has 2 N–H and O–H groups in total. The van der Waals surface area contributed by atoms with Crippen LogP contribution in [-0.4, -0.2) is 40.3 Å². The van der Waals surface area contributed by atoms with E-state index >= 15 is 0 Å². The van der Waals surface area contributed by atoms with Crippen molar-refractivity contribution in [1.82, 2.24) is 25.4 Å². The first-order chi connectivity index (χ1) is 10.8. The minimum atomic E-state index is -0.126. The summed E-state index contributed by atoms with van der Waals surface area (Å²) in [5.41, 5.74) is 1.45. The van der Waals surface area contributed by atoms with Gasteiger partial charge >= 0.3 is 0 Å². The standard InChI is InChI=1S/C16H21N5O.2ClH/c22-16(19-10-6-13-4-1-2-9-18-13)15-7-11-21(20-15)14-5-3-8-17-12-14;;/h1-2,4,7,9,11,14,17H,3,5-6,8,10,12H2,(H,19,22);2*1H. The van der Waals surface area contributed by atoms with E-state index in [9.17, 15) is 4.79 Å². The zero-order chi connectivity index (χ0) is 15.2. The van der Waals surface area contributed by atoms with Crippen molar-refractivity contribution < 1.29 is 4.79 Å². The molecule has 0 radical (unpaired) electrons. The van der Waals surface area contributed by atoms with E-state index in [0.29, 0.717) is 18.3 Å². The molecule has 1 fully saturated rings. The first-order valence-corrected chi connectivity index (χ1v) is 7.77. The molecular formula is C16H23Cl2N5O. The monoisotopic (exact) mass is 371 g/mol. The maximum Gasteiger partial charge on any atom is 0.271 e. The Labute approximate surface area is 154 Å². The lowest BCUT2D eigenvalue weighted by Crippen LogP contribution is -2.32. The van der Waals surface area contributed by atoms with Crippen LogP contribution in [0.3, 0.4) is 0 Å². The number of nitrogens with zero attached hydrogens (tertiary/aromatic N) is 3. The Morgan fingerprint density at radius 3 is 2.92 bits per heavy atom. The highest BCUT2D eigenvalue weighted by Crippen LogP contribution is 2.15. The number of hydrogen-bond donors (Lipinski definition) is 2. The Bertz CT molecular complexity index is 614. The second-order valence-electron chi connectivity index (χ2n) is 5.51. The van der Waals surface area contributed by atoms with Gasteiger partial charge in [0.05, 0.1) is 6.04 Å². The molecule has 0 aliphatic carbocycles. The SMILES string of the molecule is Cl.Cl.O=C(NCCc1ccccn1)c1ccn(C2CCCNC2)n1. The molecular weight excluding hydrogens is 349 g/mol. The summed E-state index contributed by atoms with van der Waals surface area (Å²) in [4.78, 5) is 16.3. The summed E-state index contributed by atoms with van der Waals surface area (Å²) in [6, 6.07) is 7.92. The minimum absolute atomic E-state index is 0. The third-order valence-corrected chi connectivity index (χ3v) is 3.88. The molecule has 1 unspecified atom stereocenters. The lowest BCUT2D eigenvalue weighted by Gasteiger charge is -2.22. The van der Waals surface area contributed by atoms with Crippen molar-refractivity contribution in [2.75, 3.05) is 19.6 Å². The van der Waals surface area contributed by atoms with Gasteiger partial charge in [0.15, 0.2) is 0 Å². The molecule has 1 aliphatic heterocycles. The quantitative estimate of drug-likeness (QED) is 0.843. The average Bonchev–Trinajstić information content (AvgIpc) is 3.07. The molecule has 24 heavy (non-hydrogen) atoms. The molecule has 0 aromatic carbocycles. The molecule has 3 rings (SSSR count). The topological polar surface area (TPSA) is 71.8 Å². The van der Waals surface area contributed by atoms with Gasteiger partial charge in [0, 0.05) is 37.6 Å². The third kappa shape index (κ3) is 5.47. The summed E-state index contributed by atoms with van der Waals surface area (Å²) in [6.07, 6.45) is 6.63. The zero-order valence-electron chi connectivity index (χ0n) is 13.4. The molecule has 1 atom stereocenters. The number of hydrogen-bond acceptors (Lipinski definition) is 4. The molecule has 8 heteroatoms. The fourth-order valence-electron chi connectivity index (χ4n) is 2.66. The third-order valence-electron chi connectivity index (χ3n) is 3.88. The average molecular weight is 372 g/mol. The maximum atomic E-state index is 12.1. The van der Waals surface area contributed by atoms with Crippen LogP contribution in [0.15, 0.2) is 36.7 Å². The molecule has 1 amide bonds. The van der Waals surface area contributed by atoms with E-state index in [1.807, 2.05) is 29.1 Å². The fourth-order valence-corrected chi connectivity index (χ4v) is 2.66. The van der Waals surface area contributed by atoms with Crippen molar-refractivity contribution in [2.24, 2.45) is 0 Å². The minimum Gasteiger partial charge on any atom is -0.350 e. The molecule has 0 saturated carbocycles. The molecule has 6 nitrogen and oxygen atoms in total. The van der Waals surface area contributed by atoms with Gasteiger partial charge in [0.1, 0.15) is 5.69 Å². The number of carbonyl (C=O) groups excluding carboxylic acids is 1. The van der Waals surface area contributed by atoms with Crippen LogP contribution in [0.4, 0.5) is 0 Å². The van der Waals surface area contributed by atoms with Gasteiger partial charge in [0.25, 0.3) is 5.91 Å². The molecule has 2 aromatic heterocycles. The van der Waals surface area contributed by atoms with Gasteiger partial charge in [-0.25, -0.2) is 0 Å². The number of rotatable bonds is 5. The lowest BCUT2D eigenvalue weighted by molar-refractivity contribution is 0.0947. The molecule has 1 aliphatic rings. The second-order valence-corrected chi connectivity index (χ2v) is 5.51. The Morgan fingerprint density at radius 1 is 1.33 bits per heavy atom. The van der Waals surface area contributed by atoms with Crippen LogP contribution >= 0.6 is 24.8 Å². The van der Waals surface area contributed by atoms with Gasteiger partial charge in [0.2, 0.25) is 0 Å². The number of carbonyl (C=O) groups is 1. The van der Waals surface area contributed by atoms with E-state index in [1.54, 1.807) is 12.3 Å². The van der Waals surface area contributed by atoms with Crippen molar-refractivity contribution in [1.29, 1.82) is 0 Å². The Morgan fingerprint density at radius 2 is 2.21 bits per heavy atom. The van der Waals surface area contributed by atoms with Crippen LogP contribution in [0.25, 0.3) is 0 Å². The van der Waals surface area contributed by atoms with Crippen molar-refractivity contribution in [3.63, 3.8) is 0 Å². The summed E-state index contributed by atoms with van der Waals surface area (Å²) in [5, 5.41) is 10.7. The summed E-state index contributed by atoms with van der Waals surface area (Å²) in [5.74, 6) is -0.126. The fraction of sp³-hybridized carbons (Fsp3) is 0.438. The van der Waals surface area contributed by atoms with Crippen molar-refractivity contribution in [2.45, 2.75) is 25.3 Å². The van der Waals surface area contributed by atoms with Gasteiger partial charge in [-0.1, -0.05) is 6.07 Å². The first kappa shape index (κ1) is 20.4. The molecule has 1 saturated heterocycles. The van der Waals surface area contributed by atoms with Crippen molar-refractivity contribution >= 4 is 30.7 Å². The van der Waals surface area contributed by atoms with Gasteiger partial charge in [-0.15, -0.1) is 24.8 Å². The highest BCUT2D eigenvalue weighted by Gasteiger charge is 2.17. The van der Waals surface area contributed by atoms with E-state index in [0.717, 1.165) is 38.0 Å². The highest BCUT2D eigenvalue weighted by atomic mass is 35.5. The Balaban J connectivity index is 0.00000144. The summed E-state index contributed by atoms with van der Waals surface area (Å²) >= 11 is 0. The van der Waals surface area contributed by atoms with Crippen LogP contribution < -0.4 is 10.6 Å². The summed E-state index contributed by atoms with van der Waals surface area (Å²) < 4.78 is 1.90. The molecule has 0 bridgehead atoms. The summed E-state index contributed by atoms with van der Waals surface area (Å²) in [6.45, 7) is 2.55. The molecule has 2 aromatic rings. The van der Waals surface area contributed by atoms with Crippen molar-refractivity contribution in [3.8, 4) is 0 Å². The summed E-state index contributed by atoms with van der Waals surface area (Å²) in [7, 11) is 0. The predicted octanol–water partition coefficient (Wildman–Crippen LogP) is 2.02. The van der Waals surface area contributed by atoms with Gasteiger partial charge < -0.3 is 10.6 Å². The zero-order valence-corrected chi connectivity index (χ0v) is 15.0. The maximum absolute atomic E-state index is 12.1. The van der Waals surface area contributed by atoms with Crippen LogP contribution in [0.5, 0.6) is 0 Å². The van der Waals surface area contributed by atoms with Crippen LogP contribution in [0.1, 0.15) is 35.1 Å². The largest absolute Gasteiger partial charge is 0.350 e. The Kier molecular flexibility index (Phi) is 8.74. The van der Waals surface area contributed by atoms with Crippen molar-refractivity contribution in [3.05, 3.63) is 48.0 Å². The number of pyridine rings is 1.